The van der Waals surface area contributed by atoms with Gasteiger partial charge in [0.25, 0.3) is 0 Å². The summed E-state index contributed by atoms with van der Waals surface area (Å²) in [4.78, 5) is 15.3. The maximum atomic E-state index is 13.2. The highest BCUT2D eigenvalue weighted by Gasteiger charge is 2.37. The van der Waals surface area contributed by atoms with Crippen LogP contribution in [0.3, 0.4) is 0 Å². The van der Waals surface area contributed by atoms with E-state index >= 15 is 0 Å². The van der Waals surface area contributed by atoms with E-state index in [1.807, 2.05) is 0 Å². The van der Waals surface area contributed by atoms with Gasteiger partial charge in [-0.1, -0.05) is 48.4 Å². The maximum absolute atomic E-state index is 13.2. The Morgan fingerprint density at radius 3 is 2.81 bits per heavy atom. The van der Waals surface area contributed by atoms with Gasteiger partial charge >= 0.3 is 0 Å². The van der Waals surface area contributed by atoms with Crippen molar-refractivity contribution in [1.29, 1.82) is 0 Å². The minimum Gasteiger partial charge on any atom is -0.374 e. The first-order valence-corrected chi connectivity index (χ1v) is 13.7. The van der Waals surface area contributed by atoms with Gasteiger partial charge in [0.15, 0.2) is 4.34 Å². The van der Waals surface area contributed by atoms with Gasteiger partial charge in [-0.2, -0.15) is 0 Å². The molecular formula is C24H29N5OS2. The number of benzene rings is 1. The van der Waals surface area contributed by atoms with E-state index < -0.39 is 0 Å². The lowest BCUT2D eigenvalue weighted by Gasteiger charge is -2.40. The van der Waals surface area contributed by atoms with E-state index in [-0.39, 0.29) is 11.9 Å². The van der Waals surface area contributed by atoms with Crippen LogP contribution in [0.2, 0.25) is 0 Å². The van der Waals surface area contributed by atoms with E-state index in [4.69, 9.17) is 5.73 Å². The van der Waals surface area contributed by atoms with Crippen molar-refractivity contribution in [2.45, 2.75) is 74.2 Å². The number of hydrogen-bond donors (Lipinski definition) is 1. The number of amides is 1. The first-order valence-electron chi connectivity index (χ1n) is 11.8. The molecule has 6 rings (SSSR count). The topological polar surface area (TPSA) is 77.0 Å². The van der Waals surface area contributed by atoms with Crippen molar-refractivity contribution in [3.05, 3.63) is 35.0 Å². The normalized spacial score (nSPS) is 21.1. The van der Waals surface area contributed by atoms with Gasteiger partial charge in [-0.05, 0) is 61.3 Å². The second kappa shape index (κ2) is 8.37. The summed E-state index contributed by atoms with van der Waals surface area (Å²) >= 11 is 2.79. The molecule has 6 nitrogen and oxygen atoms in total. The van der Waals surface area contributed by atoms with Gasteiger partial charge in [-0.25, -0.2) is 0 Å². The molecule has 3 aromatic rings. The van der Waals surface area contributed by atoms with Crippen molar-refractivity contribution in [2.75, 3.05) is 18.0 Å². The molecule has 32 heavy (non-hydrogen) atoms. The highest BCUT2D eigenvalue weighted by atomic mass is 32.2. The second-order valence-corrected chi connectivity index (χ2v) is 11.5. The Morgan fingerprint density at radius 2 is 2.00 bits per heavy atom. The zero-order valence-electron chi connectivity index (χ0n) is 18.3. The fourth-order valence-corrected chi connectivity index (χ4v) is 7.62. The third-order valence-electron chi connectivity index (χ3n) is 7.54. The SMILES string of the molecule is Nc1nnc(SCC(=O)N2CCn3c4c(c5cc(C6CCCCC6)ccc53)CCCC42)s1. The summed E-state index contributed by atoms with van der Waals surface area (Å²) in [6.07, 6.45) is 10.1. The summed E-state index contributed by atoms with van der Waals surface area (Å²) in [5.41, 5.74) is 11.5. The Morgan fingerprint density at radius 1 is 1.12 bits per heavy atom. The molecule has 3 heterocycles. The number of thioether (sulfide) groups is 1. The molecule has 1 amide bonds. The van der Waals surface area contributed by atoms with E-state index in [1.165, 1.54) is 82.9 Å². The molecule has 2 aliphatic carbocycles. The third kappa shape index (κ3) is 3.52. The van der Waals surface area contributed by atoms with E-state index in [1.54, 1.807) is 0 Å². The Labute approximate surface area is 196 Å². The van der Waals surface area contributed by atoms with Gasteiger partial charge in [-0.15, -0.1) is 10.2 Å². The van der Waals surface area contributed by atoms with Crippen molar-refractivity contribution in [3.8, 4) is 0 Å². The average Bonchev–Trinajstić information content (AvgIpc) is 3.40. The molecule has 1 aliphatic heterocycles. The highest BCUT2D eigenvalue weighted by molar-refractivity contribution is 8.01. The Hall–Kier alpha value is -2.06. The van der Waals surface area contributed by atoms with E-state index in [0.29, 0.717) is 10.9 Å². The molecule has 2 aromatic heterocycles. The van der Waals surface area contributed by atoms with E-state index in [9.17, 15) is 4.79 Å². The van der Waals surface area contributed by atoms with Crippen LogP contribution < -0.4 is 5.73 Å². The second-order valence-electron chi connectivity index (χ2n) is 9.32. The molecule has 1 saturated carbocycles. The first kappa shape index (κ1) is 20.5. The Kier molecular flexibility index (Phi) is 5.38. The number of carbonyl (C=O) groups is 1. The predicted octanol–water partition coefficient (Wildman–Crippen LogP) is 5.13. The van der Waals surface area contributed by atoms with Crippen molar-refractivity contribution in [3.63, 3.8) is 0 Å². The first-order chi connectivity index (χ1) is 15.7. The molecular weight excluding hydrogens is 438 g/mol. The zero-order valence-corrected chi connectivity index (χ0v) is 19.9. The van der Waals surface area contributed by atoms with Crippen molar-refractivity contribution >= 4 is 45.0 Å². The highest BCUT2D eigenvalue weighted by Crippen LogP contribution is 2.44. The molecule has 1 aromatic carbocycles. The molecule has 1 unspecified atom stereocenters. The number of fused-ring (bicyclic) bond motifs is 3. The summed E-state index contributed by atoms with van der Waals surface area (Å²) in [5, 5.41) is 9.79. The summed E-state index contributed by atoms with van der Waals surface area (Å²) in [7, 11) is 0. The molecule has 0 bridgehead atoms. The summed E-state index contributed by atoms with van der Waals surface area (Å²) in [6, 6.07) is 7.44. The molecule has 0 radical (unpaired) electrons. The van der Waals surface area contributed by atoms with Crippen LogP contribution in [0.1, 0.15) is 73.7 Å². The van der Waals surface area contributed by atoms with Crippen LogP contribution in [0.4, 0.5) is 5.13 Å². The van der Waals surface area contributed by atoms with E-state index in [0.717, 1.165) is 42.6 Å². The number of nitrogens with two attached hydrogens (primary N) is 1. The van der Waals surface area contributed by atoms with Crippen molar-refractivity contribution in [2.24, 2.45) is 0 Å². The predicted molar refractivity (Wildman–Crippen MR) is 130 cm³/mol. The number of hydrogen-bond acceptors (Lipinski definition) is 6. The fourth-order valence-electron chi connectivity index (χ4n) is 6.10. The fraction of sp³-hybridized carbons (Fsp3) is 0.542. The van der Waals surface area contributed by atoms with Crippen LogP contribution >= 0.6 is 23.1 Å². The monoisotopic (exact) mass is 467 g/mol. The molecule has 2 N–H and O–H groups in total. The minimum absolute atomic E-state index is 0.195. The number of aromatic nitrogens is 3. The van der Waals surface area contributed by atoms with Gasteiger partial charge in [0.2, 0.25) is 11.0 Å². The lowest BCUT2D eigenvalue weighted by molar-refractivity contribution is -0.132. The molecule has 1 fully saturated rings. The lowest BCUT2D eigenvalue weighted by Crippen LogP contribution is -2.44. The van der Waals surface area contributed by atoms with Gasteiger partial charge in [0, 0.05) is 29.7 Å². The Bertz CT molecular complexity index is 1160. The van der Waals surface area contributed by atoms with Gasteiger partial charge in [-0.3, -0.25) is 4.79 Å². The van der Waals surface area contributed by atoms with E-state index in [2.05, 4.69) is 37.9 Å². The molecule has 0 saturated heterocycles. The lowest BCUT2D eigenvalue weighted by atomic mass is 9.83. The smallest absolute Gasteiger partial charge is 0.233 e. The number of carbonyl (C=O) groups excluding carboxylic acids is 1. The van der Waals surface area contributed by atoms with Crippen LogP contribution in [-0.2, 0) is 17.8 Å². The quantitative estimate of drug-likeness (QED) is 0.538. The number of aryl methyl sites for hydroxylation is 1. The third-order valence-corrected chi connectivity index (χ3v) is 9.41. The average molecular weight is 468 g/mol. The van der Waals surface area contributed by atoms with Crippen LogP contribution in [0.25, 0.3) is 10.9 Å². The Balaban J connectivity index is 1.29. The van der Waals surface area contributed by atoms with Crippen LogP contribution in [0.15, 0.2) is 22.5 Å². The number of anilines is 1. The summed E-state index contributed by atoms with van der Waals surface area (Å²) < 4.78 is 3.28. The number of nitrogens with zero attached hydrogens (tertiary/aromatic N) is 4. The molecule has 8 heteroatoms. The summed E-state index contributed by atoms with van der Waals surface area (Å²) in [5.74, 6) is 1.31. The molecule has 0 spiro atoms. The van der Waals surface area contributed by atoms with Crippen LogP contribution in [-0.4, -0.2) is 37.9 Å². The molecule has 168 valence electrons. The van der Waals surface area contributed by atoms with Gasteiger partial charge in [0.05, 0.1) is 11.8 Å². The standard InChI is InChI=1S/C24H29N5OS2/c25-23-26-27-24(32-23)31-14-21(30)28-11-12-29-19-10-9-16(15-5-2-1-3-6-15)13-18(19)17-7-4-8-20(28)22(17)29/h9-10,13,15,20H,1-8,11-12,14H2,(H2,25,26). The van der Waals surface area contributed by atoms with Gasteiger partial charge < -0.3 is 15.2 Å². The van der Waals surface area contributed by atoms with Gasteiger partial charge in [0.1, 0.15) is 0 Å². The van der Waals surface area contributed by atoms with Crippen LogP contribution in [0, 0.1) is 0 Å². The number of nitrogen functional groups attached to an aromatic ring is 1. The largest absolute Gasteiger partial charge is 0.374 e. The van der Waals surface area contributed by atoms with Crippen molar-refractivity contribution < 1.29 is 4.79 Å². The minimum atomic E-state index is 0.195. The van der Waals surface area contributed by atoms with Crippen LogP contribution in [0.5, 0.6) is 0 Å². The van der Waals surface area contributed by atoms with Crippen molar-refractivity contribution in [1.82, 2.24) is 19.7 Å². The number of rotatable bonds is 4. The summed E-state index contributed by atoms with van der Waals surface area (Å²) in [6.45, 7) is 1.66. The molecule has 1 atom stereocenters. The maximum Gasteiger partial charge on any atom is 0.233 e. The zero-order chi connectivity index (χ0) is 21.7. The molecule has 3 aliphatic rings.